The Labute approximate surface area is 249 Å². The Kier molecular flexibility index (Phi) is 6.88. The molecule has 0 amide bonds. The molecule has 0 bridgehead atoms. The van der Waals surface area contributed by atoms with Gasteiger partial charge in [-0.25, -0.2) is 13.7 Å². The van der Waals surface area contributed by atoms with Crippen LogP contribution in [0.25, 0.3) is 0 Å². The van der Waals surface area contributed by atoms with Crippen molar-refractivity contribution >= 4 is 5.97 Å². The Morgan fingerprint density at radius 1 is 0.628 bits per heavy atom. The minimum Gasteiger partial charge on any atom is -0.434 e. The third kappa shape index (κ3) is 4.29. The number of piperazine rings is 1. The molecule has 2 fully saturated rings. The summed E-state index contributed by atoms with van der Waals surface area (Å²) in [6.07, 6.45) is 0. The predicted octanol–water partition coefficient (Wildman–Crippen LogP) is 6.40. The van der Waals surface area contributed by atoms with Crippen LogP contribution in [0.15, 0.2) is 140 Å². The van der Waals surface area contributed by atoms with E-state index < -0.39 is 34.8 Å². The normalized spacial score (nSPS) is 19.9. The minimum atomic E-state index is -1.44. The summed E-state index contributed by atoms with van der Waals surface area (Å²) in [4.78, 5) is 16.1. The molecule has 0 saturated carbocycles. The number of esters is 1. The third-order valence-electron chi connectivity index (χ3n) is 8.89. The van der Waals surface area contributed by atoms with Crippen LogP contribution in [0.3, 0.4) is 0 Å². The van der Waals surface area contributed by atoms with Gasteiger partial charge < -0.3 is 10.1 Å². The number of carbonyl (C=O) groups is 1. The summed E-state index contributed by atoms with van der Waals surface area (Å²) in [6, 6.07) is 42.0. The van der Waals surface area contributed by atoms with Crippen molar-refractivity contribution in [3.63, 3.8) is 0 Å². The van der Waals surface area contributed by atoms with Gasteiger partial charge in [-0.3, -0.25) is 4.79 Å². The van der Waals surface area contributed by atoms with Crippen LogP contribution in [0.1, 0.15) is 27.8 Å². The van der Waals surface area contributed by atoms with Gasteiger partial charge in [-0.05, 0) is 41.0 Å². The smallest absolute Gasteiger partial charge is 0.327 e. The summed E-state index contributed by atoms with van der Waals surface area (Å²) < 4.78 is 35.1. The maximum absolute atomic E-state index is 14.3. The lowest BCUT2D eigenvalue weighted by molar-refractivity contribution is -0.151. The number of nitrogens with one attached hydrogen (secondary N) is 1. The molecule has 0 aliphatic carbocycles. The number of ether oxygens (including phenoxy) is 1. The van der Waals surface area contributed by atoms with Gasteiger partial charge in [-0.1, -0.05) is 115 Å². The molecule has 2 aliphatic rings. The van der Waals surface area contributed by atoms with Gasteiger partial charge in [-0.2, -0.15) is 0 Å². The second-order valence-electron chi connectivity index (χ2n) is 11.1. The standard InChI is InChI=1S/C37H30F2N2O2/c38-31-20-16-29(17-21-31)37(30-18-22-32(39)23-19-30)41-33(35(42)43-37)24-40-25-34(41)36(26-10-4-1-5-11-26,27-12-6-2-7-13-27)28-14-8-3-9-15-28/h1-23,33-34,40H,24-25H2. The van der Waals surface area contributed by atoms with E-state index in [-0.39, 0.29) is 6.04 Å². The van der Waals surface area contributed by atoms with E-state index in [0.717, 1.165) is 16.7 Å². The van der Waals surface area contributed by atoms with Crippen molar-refractivity contribution in [1.29, 1.82) is 0 Å². The predicted molar refractivity (Wildman–Crippen MR) is 161 cm³/mol. The largest absolute Gasteiger partial charge is 0.434 e. The average molecular weight is 573 g/mol. The van der Waals surface area contributed by atoms with Crippen molar-refractivity contribution < 1.29 is 18.3 Å². The summed E-state index contributed by atoms with van der Waals surface area (Å²) in [5.41, 5.74) is 2.09. The van der Waals surface area contributed by atoms with E-state index in [4.69, 9.17) is 4.74 Å². The van der Waals surface area contributed by atoms with Crippen molar-refractivity contribution in [2.75, 3.05) is 13.1 Å². The van der Waals surface area contributed by atoms with E-state index in [1.54, 1.807) is 24.3 Å². The molecule has 5 aromatic rings. The highest BCUT2D eigenvalue weighted by molar-refractivity contribution is 5.80. The highest BCUT2D eigenvalue weighted by atomic mass is 19.1. The molecule has 43 heavy (non-hydrogen) atoms. The van der Waals surface area contributed by atoms with Gasteiger partial charge in [0.25, 0.3) is 0 Å². The van der Waals surface area contributed by atoms with Crippen molar-refractivity contribution in [2.24, 2.45) is 0 Å². The molecule has 0 radical (unpaired) electrons. The van der Waals surface area contributed by atoms with Crippen LogP contribution in [-0.4, -0.2) is 36.0 Å². The lowest BCUT2D eigenvalue weighted by Gasteiger charge is -2.53. The zero-order valence-corrected chi connectivity index (χ0v) is 23.4. The molecular formula is C37H30F2N2O2. The van der Waals surface area contributed by atoms with Crippen molar-refractivity contribution in [1.82, 2.24) is 10.2 Å². The van der Waals surface area contributed by atoms with Gasteiger partial charge in [0.15, 0.2) is 0 Å². The van der Waals surface area contributed by atoms with E-state index in [0.29, 0.717) is 24.2 Å². The average Bonchev–Trinajstić information content (AvgIpc) is 3.37. The summed E-state index contributed by atoms with van der Waals surface area (Å²) in [5, 5.41) is 3.55. The Balaban J connectivity index is 1.58. The van der Waals surface area contributed by atoms with E-state index in [1.165, 1.54) is 24.3 Å². The molecule has 1 N–H and O–H groups in total. The molecule has 2 heterocycles. The quantitative estimate of drug-likeness (QED) is 0.189. The molecule has 0 spiro atoms. The first-order valence-electron chi connectivity index (χ1n) is 14.5. The van der Waals surface area contributed by atoms with Crippen LogP contribution >= 0.6 is 0 Å². The maximum atomic E-state index is 14.3. The fraction of sp³-hybridized carbons (Fsp3) is 0.162. The Hall–Kier alpha value is -4.65. The first-order valence-corrected chi connectivity index (χ1v) is 14.5. The number of halogens is 2. The zero-order chi connectivity index (χ0) is 29.4. The van der Waals surface area contributed by atoms with Crippen LogP contribution in [0.2, 0.25) is 0 Å². The first-order chi connectivity index (χ1) is 21.0. The second kappa shape index (κ2) is 10.9. The Morgan fingerprint density at radius 3 is 1.47 bits per heavy atom. The Bertz CT molecular complexity index is 1570. The van der Waals surface area contributed by atoms with Gasteiger partial charge >= 0.3 is 5.97 Å². The molecule has 4 nitrogen and oxygen atoms in total. The zero-order valence-electron chi connectivity index (χ0n) is 23.4. The molecule has 2 atom stereocenters. The van der Waals surface area contributed by atoms with Crippen LogP contribution in [0.4, 0.5) is 8.78 Å². The summed E-state index contributed by atoms with van der Waals surface area (Å²) >= 11 is 0. The van der Waals surface area contributed by atoms with E-state index in [1.807, 2.05) is 54.6 Å². The van der Waals surface area contributed by atoms with Crippen molar-refractivity contribution in [3.8, 4) is 0 Å². The fourth-order valence-corrected chi connectivity index (χ4v) is 7.15. The number of rotatable bonds is 6. The van der Waals surface area contributed by atoms with Gasteiger partial charge in [0.05, 0.1) is 5.41 Å². The molecule has 2 unspecified atom stereocenters. The number of carbonyl (C=O) groups excluding carboxylic acids is 1. The van der Waals surface area contributed by atoms with Gasteiger partial charge in [0.1, 0.15) is 17.7 Å². The molecule has 214 valence electrons. The van der Waals surface area contributed by atoms with E-state index >= 15 is 0 Å². The first kappa shape index (κ1) is 27.2. The fourth-order valence-electron chi connectivity index (χ4n) is 7.15. The minimum absolute atomic E-state index is 0.369. The second-order valence-corrected chi connectivity index (χ2v) is 11.1. The van der Waals surface area contributed by atoms with Gasteiger partial charge in [0.2, 0.25) is 5.72 Å². The number of benzene rings is 5. The molecular weight excluding hydrogens is 542 g/mol. The summed E-state index contributed by atoms with van der Waals surface area (Å²) in [6.45, 7) is 0.879. The molecule has 5 aromatic carbocycles. The molecule has 2 saturated heterocycles. The monoisotopic (exact) mass is 572 g/mol. The number of cyclic esters (lactones) is 1. The SMILES string of the molecule is O=C1OC(c2ccc(F)cc2)(c2ccc(F)cc2)N2C1CNCC2C(c1ccccc1)(c1ccccc1)c1ccccc1. The highest BCUT2D eigenvalue weighted by Gasteiger charge is 2.63. The number of hydrogen-bond acceptors (Lipinski definition) is 4. The highest BCUT2D eigenvalue weighted by Crippen LogP contribution is 2.53. The van der Waals surface area contributed by atoms with E-state index in [2.05, 4.69) is 46.6 Å². The molecule has 7 rings (SSSR count). The molecule has 0 aromatic heterocycles. The van der Waals surface area contributed by atoms with Crippen LogP contribution in [0, 0.1) is 11.6 Å². The van der Waals surface area contributed by atoms with Crippen LogP contribution in [0.5, 0.6) is 0 Å². The lowest BCUT2D eigenvalue weighted by Crippen LogP contribution is -2.68. The van der Waals surface area contributed by atoms with Gasteiger partial charge in [0, 0.05) is 30.3 Å². The molecule has 6 heteroatoms. The third-order valence-corrected chi connectivity index (χ3v) is 8.89. The maximum Gasteiger partial charge on any atom is 0.327 e. The molecule has 2 aliphatic heterocycles. The van der Waals surface area contributed by atoms with Crippen molar-refractivity contribution in [2.45, 2.75) is 23.2 Å². The Morgan fingerprint density at radius 2 is 1.05 bits per heavy atom. The lowest BCUT2D eigenvalue weighted by atomic mass is 9.63. The van der Waals surface area contributed by atoms with Crippen LogP contribution < -0.4 is 5.32 Å². The topological polar surface area (TPSA) is 41.6 Å². The number of nitrogens with zero attached hydrogens (tertiary/aromatic N) is 1. The van der Waals surface area contributed by atoms with E-state index in [9.17, 15) is 13.6 Å². The van der Waals surface area contributed by atoms with Crippen molar-refractivity contribution in [3.05, 3.63) is 179 Å². The number of hydrogen-bond donors (Lipinski definition) is 1. The van der Waals surface area contributed by atoms with Gasteiger partial charge in [-0.15, -0.1) is 0 Å². The van der Waals surface area contributed by atoms with Crippen LogP contribution in [-0.2, 0) is 20.7 Å². The summed E-state index contributed by atoms with van der Waals surface area (Å²) in [7, 11) is 0. The number of fused-ring (bicyclic) bond motifs is 1. The summed E-state index contributed by atoms with van der Waals surface area (Å²) in [5.74, 6) is -1.19.